The van der Waals surface area contributed by atoms with Crippen LogP contribution in [0.15, 0.2) is 53.4 Å². The number of hydrogen-bond acceptors (Lipinski definition) is 8. The maximum absolute atomic E-state index is 13.0. The lowest BCUT2D eigenvalue weighted by molar-refractivity contribution is -0.118. The zero-order valence-electron chi connectivity index (χ0n) is 19.5. The van der Waals surface area contributed by atoms with Gasteiger partial charge in [0.1, 0.15) is 0 Å². The van der Waals surface area contributed by atoms with E-state index >= 15 is 0 Å². The summed E-state index contributed by atoms with van der Waals surface area (Å²) < 4.78 is 11.7. The monoisotopic (exact) mass is 537 g/mol. The average molecular weight is 538 g/mol. The molecule has 0 bridgehead atoms. The fraction of sp³-hybridized carbons (Fsp3) is 0.231. The highest BCUT2D eigenvalue weighted by Gasteiger charge is 2.33. The Labute approximate surface area is 222 Å². The van der Waals surface area contributed by atoms with Gasteiger partial charge in [0.25, 0.3) is 11.8 Å². The number of carbonyl (C=O) groups excluding carboxylic acids is 2. The molecule has 2 heterocycles. The van der Waals surface area contributed by atoms with E-state index in [1.807, 2.05) is 30.3 Å². The number of thiazole rings is 1. The summed E-state index contributed by atoms with van der Waals surface area (Å²) in [5, 5.41) is 3.45. The molecule has 0 saturated carbocycles. The molecule has 36 heavy (non-hydrogen) atoms. The third-order valence-electron chi connectivity index (χ3n) is 5.74. The Hall–Kier alpha value is -3.21. The molecule has 2 amide bonds. The van der Waals surface area contributed by atoms with Crippen molar-refractivity contribution in [3.63, 3.8) is 0 Å². The molecule has 2 aliphatic rings. The first-order valence-electron chi connectivity index (χ1n) is 11.4. The standard InChI is InChI=1S/C26H23N3O4S3/c1-32-20-13-16(14-22-24(31)29(26(34)36-22)17-7-3-2-4-8-17)11-12-19(20)33-15-23(30)28-25-27-18-9-5-6-10-21(18)35-25/h2-4,7-8,11-14H,5-6,9-10,15H2,1H3,(H,27,28,30)/b22-14-. The van der Waals surface area contributed by atoms with E-state index in [2.05, 4.69) is 10.3 Å². The van der Waals surface area contributed by atoms with Crippen molar-refractivity contribution in [2.24, 2.45) is 0 Å². The van der Waals surface area contributed by atoms with Crippen molar-refractivity contribution in [2.45, 2.75) is 25.7 Å². The molecule has 1 saturated heterocycles. The lowest BCUT2D eigenvalue weighted by atomic mass is 10.0. The summed E-state index contributed by atoms with van der Waals surface area (Å²) in [5.41, 5.74) is 2.59. The second-order valence-electron chi connectivity index (χ2n) is 8.20. The van der Waals surface area contributed by atoms with Crippen molar-refractivity contribution in [2.75, 3.05) is 23.9 Å². The fourth-order valence-electron chi connectivity index (χ4n) is 4.02. The van der Waals surface area contributed by atoms with Crippen molar-refractivity contribution in [1.29, 1.82) is 0 Å². The van der Waals surface area contributed by atoms with Gasteiger partial charge in [-0.25, -0.2) is 4.98 Å². The smallest absolute Gasteiger partial charge is 0.270 e. The molecule has 3 aromatic rings. The number of benzene rings is 2. The zero-order valence-corrected chi connectivity index (χ0v) is 21.9. The Balaban J connectivity index is 1.24. The maximum atomic E-state index is 13.0. The summed E-state index contributed by atoms with van der Waals surface area (Å²) >= 11 is 8.22. The van der Waals surface area contributed by atoms with Crippen LogP contribution >= 0.6 is 35.3 Å². The summed E-state index contributed by atoms with van der Waals surface area (Å²) in [4.78, 5) is 33.2. The number of para-hydroxylation sites is 1. The van der Waals surface area contributed by atoms with Gasteiger partial charge in [0, 0.05) is 4.88 Å². The fourth-order valence-corrected chi connectivity index (χ4v) is 6.38. The van der Waals surface area contributed by atoms with Crippen LogP contribution in [0.25, 0.3) is 6.08 Å². The Morgan fingerprint density at radius 2 is 1.97 bits per heavy atom. The quantitative estimate of drug-likeness (QED) is 0.317. The number of aryl methyl sites for hydroxylation is 2. The normalized spacial score (nSPS) is 16.2. The van der Waals surface area contributed by atoms with Crippen LogP contribution in [0.4, 0.5) is 10.8 Å². The van der Waals surface area contributed by atoms with Gasteiger partial charge in [-0.3, -0.25) is 19.8 Å². The largest absolute Gasteiger partial charge is 0.493 e. The van der Waals surface area contributed by atoms with E-state index in [9.17, 15) is 9.59 Å². The summed E-state index contributed by atoms with van der Waals surface area (Å²) in [6.07, 6.45) is 6.08. The van der Waals surface area contributed by atoms with Crippen LogP contribution in [0, 0.1) is 0 Å². The minimum Gasteiger partial charge on any atom is -0.493 e. The molecule has 0 radical (unpaired) electrons. The number of aromatic nitrogens is 1. The number of thiocarbonyl (C=S) groups is 1. The van der Waals surface area contributed by atoms with Crippen LogP contribution in [0.1, 0.15) is 29.0 Å². The predicted octanol–water partition coefficient (Wildman–Crippen LogP) is 5.45. The van der Waals surface area contributed by atoms with E-state index in [0.29, 0.717) is 25.9 Å². The van der Waals surface area contributed by atoms with Gasteiger partial charge in [0.2, 0.25) is 0 Å². The van der Waals surface area contributed by atoms with Crippen molar-refractivity contribution in [3.8, 4) is 11.5 Å². The molecule has 0 unspecified atom stereocenters. The number of amides is 2. The zero-order chi connectivity index (χ0) is 25.1. The van der Waals surface area contributed by atoms with Gasteiger partial charge < -0.3 is 9.47 Å². The van der Waals surface area contributed by atoms with E-state index in [-0.39, 0.29) is 18.4 Å². The predicted molar refractivity (Wildman–Crippen MR) is 148 cm³/mol. The van der Waals surface area contributed by atoms with Gasteiger partial charge >= 0.3 is 0 Å². The number of rotatable bonds is 7. The third-order valence-corrected chi connectivity index (χ3v) is 8.12. The molecule has 0 spiro atoms. The minimum absolute atomic E-state index is 0.170. The average Bonchev–Trinajstić information content (AvgIpc) is 3.42. The summed E-state index contributed by atoms with van der Waals surface area (Å²) in [6.45, 7) is -0.171. The second kappa shape index (κ2) is 10.8. The van der Waals surface area contributed by atoms with Gasteiger partial charge in [0.15, 0.2) is 27.6 Å². The lowest BCUT2D eigenvalue weighted by Crippen LogP contribution is -2.27. The van der Waals surface area contributed by atoms with Crippen LogP contribution in [0.2, 0.25) is 0 Å². The van der Waals surface area contributed by atoms with Gasteiger partial charge in [-0.2, -0.15) is 0 Å². The highest BCUT2D eigenvalue weighted by atomic mass is 32.2. The number of nitrogens with zero attached hydrogens (tertiary/aromatic N) is 2. The molecule has 2 aromatic carbocycles. The molecular formula is C26H23N3O4S3. The molecular weight excluding hydrogens is 515 g/mol. The van der Waals surface area contributed by atoms with Gasteiger partial charge in [-0.1, -0.05) is 48.2 Å². The Bertz CT molecular complexity index is 1330. The number of fused-ring (bicyclic) bond motifs is 1. The summed E-state index contributed by atoms with van der Waals surface area (Å²) in [5.74, 6) is 0.438. The number of hydrogen-bond donors (Lipinski definition) is 1. The Kier molecular flexibility index (Phi) is 7.35. The topological polar surface area (TPSA) is 80.8 Å². The number of ether oxygens (including phenoxy) is 2. The Morgan fingerprint density at radius 3 is 2.75 bits per heavy atom. The second-order valence-corrected chi connectivity index (χ2v) is 11.0. The lowest BCUT2D eigenvalue weighted by Gasteiger charge is -2.13. The van der Waals surface area contributed by atoms with E-state index in [0.717, 1.165) is 36.2 Å². The molecule has 1 N–H and O–H groups in total. The molecule has 7 nitrogen and oxygen atoms in total. The van der Waals surface area contributed by atoms with Crippen LogP contribution in [0.5, 0.6) is 11.5 Å². The number of carbonyl (C=O) groups is 2. The molecule has 1 fully saturated rings. The number of anilines is 2. The minimum atomic E-state index is -0.281. The summed E-state index contributed by atoms with van der Waals surface area (Å²) in [6, 6.07) is 14.6. The van der Waals surface area contributed by atoms with Crippen LogP contribution < -0.4 is 19.7 Å². The van der Waals surface area contributed by atoms with Gasteiger partial charge in [-0.05, 0) is 61.6 Å². The highest BCUT2D eigenvalue weighted by molar-refractivity contribution is 8.27. The number of methoxy groups -OCH3 is 1. The first kappa shape index (κ1) is 24.5. The SMILES string of the molecule is COc1cc(/C=C2\SC(=S)N(c3ccccc3)C2=O)ccc1OCC(=O)Nc1nc2c(s1)CCCC2. The van der Waals surface area contributed by atoms with Crippen molar-refractivity contribution in [1.82, 2.24) is 4.98 Å². The third kappa shape index (κ3) is 5.30. The molecule has 0 atom stereocenters. The van der Waals surface area contributed by atoms with E-state index in [1.54, 1.807) is 24.3 Å². The molecule has 10 heteroatoms. The summed E-state index contributed by atoms with van der Waals surface area (Å²) in [7, 11) is 1.53. The maximum Gasteiger partial charge on any atom is 0.270 e. The number of thioether (sulfide) groups is 1. The number of nitrogens with one attached hydrogen (secondary N) is 1. The molecule has 1 aromatic heterocycles. The first-order valence-corrected chi connectivity index (χ1v) is 13.5. The molecule has 5 rings (SSSR count). The van der Waals surface area contributed by atoms with E-state index in [4.69, 9.17) is 21.7 Å². The van der Waals surface area contributed by atoms with Gasteiger partial charge in [0.05, 0.1) is 23.4 Å². The van der Waals surface area contributed by atoms with Gasteiger partial charge in [-0.15, -0.1) is 11.3 Å². The molecule has 1 aliphatic carbocycles. The molecule has 184 valence electrons. The van der Waals surface area contributed by atoms with E-state index in [1.165, 1.54) is 46.4 Å². The van der Waals surface area contributed by atoms with Crippen molar-refractivity contribution < 1.29 is 19.1 Å². The molecule has 1 aliphatic heterocycles. The Morgan fingerprint density at radius 1 is 1.17 bits per heavy atom. The van der Waals surface area contributed by atoms with Crippen molar-refractivity contribution in [3.05, 3.63) is 69.6 Å². The highest BCUT2D eigenvalue weighted by Crippen LogP contribution is 2.37. The van der Waals surface area contributed by atoms with E-state index < -0.39 is 0 Å². The van der Waals surface area contributed by atoms with Crippen LogP contribution in [0.3, 0.4) is 0 Å². The van der Waals surface area contributed by atoms with Crippen molar-refractivity contribution >= 4 is 68.3 Å². The van der Waals surface area contributed by atoms with Crippen LogP contribution in [-0.4, -0.2) is 34.8 Å². The first-order chi connectivity index (χ1) is 17.5. The van der Waals surface area contributed by atoms with Crippen LogP contribution in [-0.2, 0) is 22.4 Å².